The normalized spacial score (nSPS) is 11.1. The van der Waals surface area contributed by atoms with Crippen LogP contribution in [-0.4, -0.2) is 25.2 Å². The summed E-state index contributed by atoms with van der Waals surface area (Å²) in [6.07, 6.45) is 0. The summed E-state index contributed by atoms with van der Waals surface area (Å²) in [6, 6.07) is 2.74. The number of carbonyl (C=O) groups excluding carboxylic acids is 1. The molecule has 1 aromatic carbocycles. The molecular formula is C11H6F5NO3S. The number of hydrogen-bond donors (Lipinski definition) is 0. The van der Waals surface area contributed by atoms with E-state index in [0.717, 1.165) is 13.2 Å². The van der Waals surface area contributed by atoms with Crippen LogP contribution in [-0.2, 0) is 4.74 Å². The van der Waals surface area contributed by atoms with Crippen molar-refractivity contribution < 1.29 is 36.2 Å². The molecule has 0 heterocycles. The molecule has 4 nitrogen and oxygen atoms in total. The molecule has 0 saturated carbocycles. The maximum Gasteiger partial charge on any atom is 0.446 e. The van der Waals surface area contributed by atoms with Crippen molar-refractivity contribution >= 4 is 17.7 Å². The number of nitrogens with zero attached hydrogens (tertiary/aromatic N) is 1. The van der Waals surface area contributed by atoms with E-state index in [4.69, 9.17) is 5.26 Å². The topological polar surface area (TPSA) is 59.3 Å². The van der Waals surface area contributed by atoms with E-state index >= 15 is 0 Å². The predicted octanol–water partition coefficient (Wildman–Crippen LogP) is 3.56. The van der Waals surface area contributed by atoms with E-state index in [1.165, 1.54) is 6.07 Å². The number of rotatable bonds is 4. The molecule has 0 radical (unpaired) electrons. The smallest absolute Gasteiger partial charge is 0.446 e. The molecule has 0 aromatic heterocycles. The van der Waals surface area contributed by atoms with Crippen LogP contribution in [0, 0.1) is 11.3 Å². The zero-order valence-electron chi connectivity index (χ0n) is 10.2. The lowest BCUT2D eigenvalue weighted by molar-refractivity contribution is -0.0500. The fraction of sp³-hybridized carbons (Fsp3) is 0.273. The number of thioether (sulfide) groups is 1. The Hall–Kier alpha value is -2.02. The highest BCUT2D eigenvalue weighted by molar-refractivity contribution is 8.00. The molecule has 0 atom stereocenters. The summed E-state index contributed by atoms with van der Waals surface area (Å²) in [5.41, 5.74) is -6.00. The molecule has 0 amide bonds. The van der Waals surface area contributed by atoms with Crippen LogP contribution in [0.2, 0.25) is 0 Å². The van der Waals surface area contributed by atoms with Crippen LogP contribution in [0.15, 0.2) is 17.0 Å². The van der Waals surface area contributed by atoms with Gasteiger partial charge in [-0.15, -0.1) is 0 Å². The van der Waals surface area contributed by atoms with Gasteiger partial charge in [-0.2, -0.15) is 27.2 Å². The van der Waals surface area contributed by atoms with Gasteiger partial charge in [0.15, 0.2) is 0 Å². The number of esters is 1. The first-order chi connectivity index (χ1) is 9.67. The van der Waals surface area contributed by atoms with Crippen molar-refractivity contribution in [2.75, 3.05) is 7.11 Å². The van der Waals surface area contributed by atoms with Crippen molar-refractivity contribution in [1.29, 1.82) is 5.26 Å². The van der Waals surface area contributed by atoms with Crippen LogP contribution in [0.4, 0.5) is 22.0 Å². The molecule has 0 unspecified atom stereocenters. The molecule has 0 spiro atoms. The van der Waals surface area contributed by atoms with E-state index in [0.29, 0.717) is 6.07 Å². The van der Waals surface area contributed by atoms with Crippen LogP contribution in [0.5, 0.6) is 5.75 Å². The molecule has 0 aliphatic heterocycles. The summed E-state index contributed by atoms with van der Waals surface area (Å²) in [5.74, 6) is -1.83. The highest BCUT2D eigenvalue weighted by Crippen LogP contribution is 2.41. The summed E-state index contributed by atoms with van der Waals surface area (Å²) in [5, 5.41) is 8.89. The monoisotopic (exact) mass is 327 g/mol. The largest absolute Gasteiger partial charge is 0.465 e. The van der Waals surface area contributed by atoms with Gasteiger partial charge in [0.1, 0.15) is 11.8 Å². The van der Waals surface area contributed by atoms with E-state index in [1.807, 2.05) is 0 Å². The standard InChI is InChI=1S/C11H6F5NO3S/c1-19-9(18)6-2-5(20-10(12)13)3-8(7(6)4-17)21-11(14,15)16/h2-3,10H,1H3. The van der Waals surface area contributed by atoms with E-state index in [1.54, 1.807) is 0 Å². The minimum atomic E-state index is -4.78. The number of alkyl halides is 5. The molecule has 1 aromatic rings. The maximum atomic E-state index is 12.4. The molecule has 10 heteroatoms. The van der Waals surface area contributed by atoms with E-state index < -0.39 is 51.6 Å². The number of hydrogen-bond acceptors (Lipinski definition) is 5. The summed E-state index contributed by atoms with van der Waals surface area (Å²) < 4.78 is 69.8. The lowest BCUT2D eigenvalue weighted by Crippen LogP contribution is -2.10. The Morgan fingerprint density at radius 3 is 2.43 bits per heavy atom. The molecule has 0 aliphatic rings. The number of methoxy groups -OCH3 is 1. The fourth-order valence-electron chi connectivity index (χ4n) is 1.35. The number of ether oxygens (including phenoxy) is 2. The van der Waals surface area contributed by atoms with E-state index in [2.05, 4.69) is 9.47 Å². The van der Waals surface area contributed by atoms with Crippen LogP contribution < -0.4 is 4.74 Å². The molecule has 1 rings (SSSR count). The van der Waals surface area contributed by atoms with Gasteiger partial charge in [-0.05, 0) is 23.9 Å². The van der Waals surface area contributed by atoms with Crippen molar-refractivity contribution in [3.8, 4) is 11.8 Å². The third-order valence-electron chi connectivity index (χ3n) is 2.04. The zero-order valence-corrected chi connectivity index (χ0v) is 11.0. The summed E-state index contributed by atoms with van der Waals surface area (Å²) >= 11 is -0.720. The Kier molecular flexibility index (Phi) is 5.37. The quantitative estimate of drug-likeness (QED) is 0.481. The van der Waals surface area contributed by atoms with Gasteiger partial charge < -0.3 is 9.47 Å². The molecule has 0 saturated heterocycles. The Morgan fingerprint density at radius 2 is 2.00 bits per heavy atom. The minimum absolute atomic E-state index is 0.593. The Morgan fingerprint density at radius 1 is 1.38 bits per heavy atom. The minimum Gasteiger partial charge on any atom is -0.465 e. The third kappa shape index (κ3) is 4.78. The van der Waals surface area contributed by atoms with E-state index in [-0.39, 0.29) is 0 Å². The van der Waals surface area contributed by atoms with Crippen LogP contribution >= 0.6 is 11.8 Å². The molecule has 114 valence electrons. The van der Waals surface area contributed by atoms with Crippen molar-refractivity contribution in [2.24, 2.45) is 0 Å². The van der Waals surface area contributed by atoms with Gasteiger partial charge in [0.2, 0.25) is 0 Å². The second-order valence-electron chi connectivity index (χ2n) is 3.37. The lowest BCUT2D eigenvalue weighted by atomic mass is 10.1. The maximum absolute atomic E-state index is 12.4. The SMILES string of the molecule is COC(=O)c1cc(OC(F)F)cc(SC(F)(F)F)c1C#N. The number of carbonyl (C=O) groups is 1. The number of halogens is 5. The average Bonchev–Trinajstić information content (AvgIpc) is 2.34. The molecule has 0 bridgehead atoms. The second-order valence-corrected chi connectivity index (χ2v) is 4.48. The lowest BCUT2D eigenvalue weighted by Gasteiger charge is -2.13. The first-order valence-electron chi connectivity index (χ1n) is 5.05. The van der Waals surface area contributed by atoms with Gasteiger partial charge >= 0.3 is 18.1 Å². The third-order valence-corrected chi connectivity index (χ3v) is 2.82. The van der Waals surface area contributed by atoms with Gasteiger partial charge in [0.25, 0.3) is 0 Å². The predicted molar refractivity (Wildman–Crippen MR) is 61.0 cm³/mol. The number of nitriles is 1. The highest BCUT2D eigenvalue weighted by Gasteiger charge is 2.32. The van der Waals surface area contributed by atoms with Gasteiger partial charge in [0, 0.05) is 4.90 Å². The van der Waals surface area contributed by atoms with Crippen molar-refractivity contribution in [3.05, 3.63) is 23.3 Å². The van der Waals surface area contributed by atoms with Crippen molar-refractivity contribution in [3.63, 3.8) is 0 Å². The van der Waals surface area contributed by atoms with Gasteiger partial charge in [-0.3, -0.25) is 0 Å². The van der Waals surface area contributed by atoms with Crippen LogP contribution in [0.1, 0.15) is 15.9 Å². The van der Waals surface area contributed by atoms with Gasteiger partial charge in [0.05, 0.1) is 18.2 Å². The summed E-state index contributed by atoms with van der Waals surface area (Å²) in [7, 11) is 0.931. The van der Waals surface area contributed by atoms with E-state index in [9.17, 15) is 26.7 Å². The molecule has 0 aliphatic carbocycles. The van der Waals surface area contributed by atoms with Gasteiger partial charge in [-0.25, -0.2) is 4.79 Å². The second kappa shape index (κ2) is 6.62. The molecule has 0 N–H and O–H groups in total. The summed E-state index contributed by atoms with van der Waals surface area (Å²) in [6.45, 7) is -3.30. The first-order valence-corrected chi connectivity index (χ1v) is 5.86. The Balaban J connectivity index is 3.44. The Labute approximate surface area is 119 Å². The molecule has 0 fully saturated rings. The zero-order chi connectivity index (χ0) is 16.2. The molecule has 21 heavy (non-hydrogen) atoms. The number of benzene rings is 1. The van der Waals surface area contributed by atoms with Crippen LogP contribution in [0.25, 0.3) is 0 Å². The van der Waals surface area contributed by atoms with Crippen LogP contribution in [0.3, 0.4) is 0 Å². The van der Waals surface area contributed by atoms with Gasteiger partial charge in [-0.1, -0.05) is 0 Å². The first kappa shape index (κ1) is 17.0. The summed E-state index contributed by atoms with van der Waals surface area (Å²) in [4.78, 5) is 10.7. The fourth-order valence-corrected chi connectivity index (χ4v) is 2.03. The Bertz CT molecular complexity index is 582. The highest BCUT2D eigenvalue weighted by atomic mass is 32.2. The van der Waals surface area contributed by atoms with Crippen molar-refractivity contribution in [1.82, 2.24) is 0 Å². The van der Waals surface area contributed by atoms with Crippen molar-refractivity contribution in [2.45, 2.75) is 17.0 Å². The average molecular weight is 327 g/mol. The molecular weight excluding hydrogens is 321 g/mol.